The van der Waals surface area contributed by atoms with Gasteiger partial charge in [-0.15, -0.1) is 0 Å². The van der Waals surface area contributed by atoms with Crippen LogP contribution in [0.2, 0.25) is 0 Å². The van der Waals surface area contributed by atoms with Crippen LogP contribution in [0.15, 0.2) is 0 Å². The summed E-state index contributed by atoms with van der Waals surface area (Å²) in [7, 11) is 1.71. The maximum atomic E-state index is 4.99. The Kier molecular flexibility index (Phi) is 2.38. The van der Waals surface area contributed by atoms with Crippen LogP contribution in [0, 0.1) is 0 Å². The number of hydrogen-bond donors (Lipinski definition) is 2. The molecule has 9 heavy (non-hydrogen) atoms. The molecule has 1 aliphatic heterocycles. The van der Waals surface area contributed by atoms with Crippen molar-refractivity contribution >= 4 is 12.6 Å². The van der Waals surface area contributed by atoms with Gasteiger partial charge in [-0.25, -0.2) is 0 Å². The lowest BCUT2D eigenvalue weighted by Crippen LogP contribution is -2.37. The zero-order chi connectivity index (χ0) is 6.74. The van der Waals surface area contributed by atoms with Crippen LogP contribution in [0.5, 0.6) is 0 Å². The summed E-state index contributed by atoms with van der Waals surface area (Å²) in [5.41, 5.74) is 0. The predicted octanol–water partition coefficient (Wildman–Crippen LogP) is 0.642. The summed E-state index contributed by atoms with van der Waals surface area (Å²) in [6.45, 7) is 1.78. The van der Waals surface area contributed by atoms with Gasteiger partial charge in [-0.2, -0.15) is 12.6 Å². The Balaban J connectivity index is 2.32. The first-order chi connectivity index (χ1) is 4.27. The monoisotopic (exact) mass is 147 g/mol. The van der Waals surface area contributed by atoms with Crippen molar-refractivity contribution in [2.45, 2.75) is 17.7 Å². The van der Waals surface area contributed by atoms with Crippen LogP contribution < -0.4 is 5.32 Å². The third-order valence-electron chi connectivity index (χ3n) is 1.60. The van der Waals surface area contributed by atoms with Crippen molar-refractivity contribution in [2.24, 2.45) is 0 Å². The third kappa shape index (κ3) is 1.85. The predicted molar refractivity (Wildman–Crippen MR) is 40.8 cm³/mol. The van der Waals surface area contributed by atoms with Crippen molar-refractivity contribution in [3.05, 3.63) is 0 Å². The van der Waals surface area contributed by atoms with E-state index in [1.165, 1.54) is 6.42 Å². The van der Waals surface area contributed by atoms with Gasteiger partial charge in [-0.05, 0) is 19.4 Å². The summed E-state index contributed by atoms with van der Waals surface area (Å²) in [6.07, 6.45) is 2.33. The lowest BCUT2D eigenvalue weighted by molar-refractivity contribution is 0.162. The van der Waals surface area contributed by atoms with E-state index in [-0.39, 0.29) is 4.87 Å². The molecular weight excluding hydrogens is 134 g/mol. The van der Waals surface area contributed by atoms with Gasteiger partial charge in [0.25, 0.3) is 0 Å². The fourth-order valence-corrected chi connectivity index (χ4v) is 1.55. The maximum absolute atomic E-state index is 4.99. The third-order valence-corrected chi connectivity index (χ3v) is 2.12. The van der Waals surface area contributed by atoms with E-state index in [1.807, 2.05) is 0 Å². The van der Waals surface area contributed by atoms with Crippen LogP contribution in [-0.4, -0.2) is 25.1 Å². The van der Waals surface area contributed by atoms with Gasteiger partial charge in [-0.1, -0.05) is 0 Å². The van der Waals surface area contributed by atoms with Crippen molar-refractivity contribution in [2.75, 3.05) is 20.3 Å². The molecule has 0 aromatic carbocycles. The largest absolute Gasteiger partial charge is 0.382 e. The molecule has 2 nitrogen and oxygen atoms in total. The minimum Gasteiger partial charge on any atom is -0.382 e. The molecule has 0 aromatic rings. The van der Waals surface area contributed by atoms with Gasteiger partial charge < -0.3 is 10.1 Å². The molecule has 1 atom stereocenters. The van der Waals surface area contributed by atoms with Crippen molar-refractivity contribution in [1.82, 2.24) is 5.32 Å². The SMILES string of the molecule is COC[C@]1(S)CCCN1. The minimum absolute atomic E-state index is 0.0330. The number of hydrogen-bond acceptors (Lipinski definition) is 3. The van der Waals surface area contributed by atoms with Crippen molar-refractivity contribution in [1.29, 1.82) is 0 Å². The normalized spacial score (nSPS) is 35.3. The molecule has 0 bridgehead atoms. The average molecular weight is 147 g/mol. The molecular formula is C6H13NOS. The van der Waals surface area contributed by atoms with Crippen LogP contribution in [-0.2, 0) is 4.74 Å². The Bertz CT molecular complexity index is 91.1. The minimum atomic E-state index is -0.0330. The Hall–Kier alpha value is 0.270. The number of nitrogens with one attached hydrogen (secondary N) is 1. The molecule has 1 heterocycles. The zero-order valence-corrected chi connectivity index (χ0v) is 6.58. The molecule has 1 aliphatic rings. The fraction of sp³-hybridized carbons (Fsp3) is 1.00. The molecule has 0 amide bonds. The molecule has 3 heteroatoms. The van der Waals surface area contributed by atoms with E-state index >= 15 is 0 Å². The Labute approximate surface area is 61.4 Å². The second-order valence-electron chi connectivity index (χ2n) is 2.49. The van der Waals surface area contributed by atoms with E-state index in [1.54, 1.807) is 7.11 Å². The van der Waals surface area contributed by atoms with Crippen molar-refractivity contribution in [3.8, 4) is 0 Å². The van der Waals surface area contributed by atoms with Crippen LogP contribution in [0.4, 0.5) is 0 Å². The van der Waals surface area contributed by atoms with Gasteiger partial charge in [0.05, 0.1) is 11.5 Å². The standard InChI is InChI=1S/C6H13NOS/c1-8-5-6(9)3-2-4-7-6/h7,9H,2-5H2,1H3/t6-/m1/s1. The van der Waals surface area contributed by atoms with E-state index in [9.17, 15) is 0 Å². The molecule has 0 saturated carbocycles. The lowest BCUT2D eigenvalue weighted by atomic mass is 10.2. The van der Waals surface area contributed by atoms with Crippen LogP contribution in [0.3, 0.4) is 0 Å². The molecule has 1 fully saturated rings. The first kappa shape index (κ1) is 7.38. The highest BCUT2D eigenvalue weighted by atomic mass is 32.1. The zero-order valence-electron chi connectivity index (χ0n) is 5.68. The van der Waals surface area contributed by atoms with Gasteiger partial charge in [0.15, 0.2) is 0 Å². The number of methoxy groups -OCH3 is 1. The quantitative estimate of drug-likeness (QED) is 0.559. The molecule has 54 valence electrons. The van der Waals surface area contributed by atoms with Gasteiger partial charge >= 0.3 is 0 Å². The van der Waals surface area contributed by atoms with E-state index in [0.29, 0.717) is 6.61 Å². The summed E-state index contributed by atoms with van der Waals surface area (Å²) >= 11 is 4.43. The topological polar surface area (TPSA) is 21.3 Å². The summed E-state index contributed by atoms with van der Waals surface area (Å²) < 4.78 is 4.99. The molecule has 1 N–H and O–H groups in total. The Morgan fingerprint density at radius 2 is 2.56 bits per heavy atom. The number of ether oxygens (including phenoxy) is 1. The maximum Gasteiger partial charge on any atom is 0.0852 e. The summed E-state index contributed by atoms with van der Waals surface area (Å²) in [6, 6.07) is 0. The molecule has 0 aliphatic carbocycles. The van der Waals surface area contributed by atoms with E-state index in [2.05, 4.69) is 17.9 Å². The lowest BCUT2D eigenvalue weighted by Gasteiger charge is -2.21. The molecule has 0 spiro atoms. The van der Waals surface area contributed by atoms with Gasteiger partial charge in [0.2, 0.25) is 0 Å². The highest BCUT2D eigenvalue weighted by Crippen LogP contribution is 2.22. The Morgan fingerprint density at radius 3 is 3.00 bits per heavy atom. The highest BCUT2D eigenvalue weighted by molar-refractivity contribution is 7.81. The van der Waals surface area contributed by atoms with Crippen LogP contribution in [0.1, 0.15) is 12.8 Å². The fourth-order valence-electron chi connectivity index (χ4n) is 1.15. The van der Waals surface area contributed by atoms with Crippen LogP contribution >= 0.6 is 12.6 Å². The first-order valence-electron chi connectivity index (χ1n) is 3.23. The van der Waals surface area contributed by atoms with E-state index < -0.39 is 0 Å². The summed E-state index contributed by atoms with van der Waals surface area (Å²) in [5, 5.41) is 3.27. The molecule has 0 unspecified atom stereocenters. The number of rotatable bonds is 2. The second kappa shape index (κ2) is 2.90. The second-order valence-corrected chi connectivity index (χ2v) is 3.35. The van der Waals surface area contributed by atoms with Gasteiger partial charge in [0.1, 0.15) is 0 Å². The molecule has 1 saturated heterocycles. The van der Waals surface area contributed by atoms with E-state index in [4.69, 9.17) is 4.74 Å². The van der Waals surface area contributed by atoms with E-state index in [0.717, 1.165) is 13.0 Å². The first-order valence-corrected chi connectivity index (χ1v) is 3.68. The smallest absolute Gasteiger partial charge is 0.0852 e. The van der Waals surface area contributed by atoms with Crippen molar-refractivity contribution < 1.29 is 4.74 Å². The van der Waals surface area contributed by atoms with Crippen molar-refractivity contribution in [3.63, 3.8) is 0 Å². The molecule has 0 aromatic heterocycles. The summed E-state index contributed by atoms with van der Waals surface area (Å²) in [5.74, 6) is 0. The molecule has 1 rings (SSSR count). The van der Waals surface area contributed by atoms with Gasteiger partial charge in [-0.3, -0.25) is 0 Å². The average Bonchev–Trinajstić information content (AvgIpc) is 2.16. The summed E-state index contributed by atoms with van der Waals surface area (Å²) in [4.78, 5) is -0.0330. The molecule has 0 radical (unpaired) electrons. The van der Waals surface area contributed by atoms with Gasteiger partial charge in [0, 0.05) is 7.11 Å². The Morgan fingerprint density at radius 1 is 1.78 bits per heavy atom. The highest BCUT2D eigenvalue weighted by Gasteiger charge is 2.28. The number of thiol groups is 1. The van der Waals surface area contributed by atoms with Crippen LogP contribution in [0.25, 0.3) is 0 Å².